The minimum absolute atomic E-state index is 0.198. The lowest BCUT2D eigenvalue weighted by molar-refractivity contribution is -0.305. The van der Waals surface area contributed by atoms with Gasteiger partial charge in [0.25, 0.3) is 0 Å². The fraction of sp³-hybridized carbons (Fsp3) is 0.860. The first-order valence-electron chi connectivity index (χ1n) is 21.4. The molecule has 0 spiro atoms. The lowest BCUT2D eigenvalue weighted by atomic mass is 9.99. The summed E-state index contributed by atoms with van der Waals surface area (Å²) in [6.45, 7) is 3.37. The van der Waals surface area contributed by atoms with E-state index in [4.69, 9.17) is 18.9 Å². The van der Waals surface area contributed by atoms with E-state index in [1.54, 1.807) is 0 Å². The zero-order valence-electron chi connectivity index (χ0n) is 33.5. The Morgan fingerprint density at radius 1 is 0.566 bits per heavy atom. The Bertz CT molecular complexity index is 923. The van der Waals surface area contributed by atoms with Crippen molar-refractivity contribution in [3.8, 4) is 0 Å². The fourth-order valence-electron chi connectivity index (χ4n) is 6.35. The van der Waals surface area contributed by atoms with E-state index in [9.17, 15) is 30.0 Å². The van der Waals surface area contributed by atoms with Crippen molar-refractivity contribution in [1.29, 1.82) is 0 Å². The van der Waals surface area contributed by atoms with Gasteiger partial charge in [0.2, 0.25) is 0 Å². The third-order valence-electron chi connectivity index (χ3n) is 9.81. The second-order valence-electron chi connectivity index (χ2n) is 14.8. The van der Waals surface area contributed by atoms with Gasteiger partial charge in [0.15, 0.2) is 12.4 Å². The number of hydrogen-bond acceptors (Lipinski definition) is 10. The molecule has 4 N–H and O–H groups in total. The maximum absolute atomic E-state index is 12.7. The second kappa shape index (κ2) is 34.7. The molecule has 1 aliphatic heterocycles. The van der Waals surface area contributed by atoms with Crippen LogP contribution in [0.3, 0.4) is 0 Å². The SMILES string of the molecule is CCCCCCCC/C=C/CCCCCC(=O)OC[C@H](CO[C@@H]1O[C@H](CO)[C@H](O)C(O)C1O)OC(=O)CCCC/C=C/CCCCCCCCCCC. The third kappa shape index (κ3) is 26.6. The van der Waals surface area contributed by atoms with Gasteiger partial charge in [0, 0.05) is 12.8 Å². The Kier molecular flexibility index (Phi) is 32.2. The number of carbonyl (C=O) groups excluding carboxylic acids is 2. The number of aliphatic hydroxyl groups is 4. The van der Waals surface area contributed by atoms with Crippen LogP contribution in [0.15, 0.2) is 24.3 Å². The van der Waals surface area contributed by atoms with E-state index in [0.717, 1.165) is 44.9 Å². The van der Waals surface area contributed by atoms with Gasteiger partial charge >= 0.3 is 11.9 Å². The first-order valence-corrected chi connectivity index (χ1v) is 21.4. The lowest BCUT2D eigenvalue weighted by Crippen LogP contribution is -2.59. The zero-order chi connectivity index (χ0) is 38.8. The van der Waals surface area contributed by atoms with Crippen molar-refractivity contribution in [3.05, 3.63) is 24.3 Å². The Morgan fingerprint density at radius 3 is 1.51 bits per heavy atom. The Balaban J connectivity index is 2.38. The van der Waals surface area contributed by atoms with E-state index >= 15 is 0 Å². The maximum Gasteiger partial charge on any atom is 0.306 e. The summed E-state index contributed by atoms with van der Waals surface area (Å²) in [4.78, 5) is 25.2. The van der Waals surface area contributed by atoms with Crippen LogP contribution in [-0.2, 0) is 28.5 Å². The van der Waals surface area contributed by atoms with E-state index < -0.39 is 55.4 Å². The molecule has 53 heavy (non-hydrogen) atoms. The van der Waals surface area contributed by atoms with Crippen LogP contribution in [0.25, 0.3) is 0 Å². The summed E-state index contributed by atoms with van der Waals surface area (Å²) in [7, 11) is 0. The number of hydrogen-bond donors (Lipinski definition) is 4. The predicted octanol–water partition coefficient (Wildman–Crippen LogP) is 8.55. The zero-order valence-corrected chi connectivity index (χ0v) is 33.5. The number of allylic oxidation sites excluding steroid dienone is 4. The minimum atomic E-state index is -1.60. The molecule has 1 aliphatic rings. The molecule has 1 saturated heterocycles. The van der Waals surface area contributed by atoms with Gasteiger partial charge in [-0.3, -0.25) is 9.59 Å². The summed E-state index contributed by atoms with van der Waals surface area (Å²) in [5.41, 5.74) is 0. The van der Waals surface area contributed by atoms with Crippen molar-refractivity contribution in [2.45, 2.75) is 218 Å². The summed E-state index contributed by atoms with van der Waals surface area (Å²) >= 11 is 0. The molecule has 0 aromatic rings. The van der Waals surface area contributed by atoms with Crippen molar-refractivity contribution >= 4 is 11.9 Å². The molecule has 0 bridgehead atoms. The smallest absolute Gasteiger partial charge is 0.306 e. The maximum atomic E-state index is 12.7. The largest absolute Gasteiger partial charge is 0.462 e. The first kappa shape index (κ1) is 49.2. The Hall–Kier alpha value is -1.82. The number of rotatable bonds is 35. The molecular weight excluding hydrogens is 676 g/mol. The van der Waals surface area contributed by atoms with E-state index in [1.807, 2.05) is 0 Å². The molecule has 0 saturated carbocycles. The third-order valence-corrected chi connectivity index (χ3v) is 9.81. The van der Waals surface area contributed by atoms with Gasteiger partial charge in [-0.1, -0.05) is 128 Å². The number of ether oxygens (including phenoxy) is 4. The van der Waals surface area contributed by atoms with Crippen molar-refractivity contribution in [1.82, 2.24) is 0 Å². The molecule has 6 atom stereocenters. The van der Waals surface area contributed by atoms with Gasteiger partial charge in [-0.15, -0.1) is 0 Å². The second-order valence-corrected chi connectivity index (χ2v) is 14.8. The number of esters is 2. The van der Waals surface area contributed by atoms with Gasteiger partial charge in [-0.2, -0.15) is 0 Å². The summed E-state index contributed by atoms with van der Waals surface area (Å²) < 4.78 is 22.1. The van der Waals surface area contributed by atoms with Crippen LogP contribution in [0.5, 0.6) is 0 Å². The Morgan fingerprint density at radius 2 is 1.00 bits per heavy atom. The molecule has 10 heteroatoms. The lowest BCUT2D eigenvalue weighted by Gasteiger charge is -2.39. The highest BCUT2D eigenvalue weighted by Crippen LogP contribution is 2.22. The van der Waals surface area contributed by atoms with E-state index in [-0.39, 0.29) is 26.1 Å². The van der Waals surface area contributed by atoms with Gasteiger partial charge in [-0.25, -0.2) is 0 Å². The van der Waals surface area contributed by atoms with Crippen LogP contribution in [0.4, 0.5) is 0 Å². The van der Waals surface area contributed by atoms with Crippen LogP contribution in [0.2, 0.25) is 0 Å². The first-order chi connectivity index (χ1) is 25.8. The predicted molar refractivity (Wildman–Crippen MR) is 210 cm³/mol. The Labute approximate surface area is 322 Å². The molecule has 2 unspecified atom stereocenters. The van der Waals surface area contributed by atoms with Gasteiger partial charge in [-0.05, 0) is 64.2 Å². The van der Waals surface area contributed by atoms with Crippen LogP contribution >= 0.6 is 0 Å². The molecule has 0 aromatic carbocycles. The quantitative estimate of drug-likeness (QED) is 0.0281. The van der Waals surface area contributed by atoms with Crippen LogP contribution in [-0.4, -0.2) is 89.0 Å². The summed E-state index contributed by atoms with van der Waals surface area (Å²) in [5.74, 6) is -0.849. The number of unbranched alkanes of at least 4 members (excludes halogenated alkanes) is 20. The van der Waals surface area contributed by atoms with Crippen molar-refractivity contribution in [3.63, 3.8) is 0 Å². The molecule has 0 aliphatic carbocycles. The number of carbonyl (C=O) groups is 2. The molecule has 0 radical (unpaired) electrons. The van der Waals surface area contributed by atoms with Crippen LogP contribution < -0.4 is 0 Å². The van der Waals surface area contributed by atoms with E-state index in [0.29, 0.717) is 12.8 Å². The van der Waals surface area contributed by atoms with Crippen LogP contribution in [0, 0.1) is 0 Å². The minimum Gasteiger partial charge on any atom is -0.462 e. The molecule has 0 aromatic heterocycles. The average molecular weight is 755 g/mol. The average Bonchev–Trinajstić information content (AvgIpc) is 3.15. The molecule has 10 nitrogen and oxygen atoms in total. The molecule has 310 valence electrons. The standard InChI is InChI=1S/C43H78O10/c1-3-5-7-9-11-13-15-17-18-20-22-24-26-28-30-32-39(46)52-36(35-51-43-42(49)41(48)40(47)37(33-44)53-43)34-50-38(45)31-29-27-25-23-21-19-16-14-12-10-8-6-4-2/h19,21-22,24,36-37,40-44,47-49H,3-18,20,23,25-35H2,1-2H3/b21-19+,24-22+/t36-,37-,40+,41?,42?,43-/m1/s1. The van der Waals surface area contributed by atoms with Gasteiger partial charge in [0.05, 0.1) is 13.2 Å². The molecule has 1 rings (SSSR count). The summed E-state index contributed by atoms with van der Waals surface area (Å²) in [6.07, 6.45) is 29.0. The highest BCUT2D eigenvalue weighted by molar-refractivity contribution is 5.70. The topological polar surface area (TPSA) is 152 Å². The number of aliphatic hydroxyl groups excluding tert-OH is 4. The monoisotopic (exact) mass is 755 g/mol. The molecule has 1 heterocycles. The normalized spacial score (nSPS) is 21.1. The van der Waals surface area contributed by atoms with Crippen LogP contribution in [0.1, 0.15) is 181 Å². The van der Waals surface area contributed by atoms with E-state index in [2.05, 4.69) is 38.2 Å². The van der Waals surface area contributed by atoms with Gasteiger partial charge in [0.1, 0.15) is 31.0 Å². The molecule has 1 fully saturated rings. The fourth-order valence-corrected chi connectivity index (χ4v) is 6.35. The van der Waals surface area contributed by atoms with Crippen molar-refractivity contribution < 1.29 is 49.0 Å². The molecular formula is C43H78O10. The highest BCUT2D eigenvalue weighted by atomic mass is 16.7. The highest BCUT2D eigenvalue weighted by Gasteiger charge is 2.44. The van der Waals surface area contributed by atoms with Crippen molar-refractivity contribution in [2.75, 3.05) is 19.8 Å². The van der Waals surface area contributed by atoms with E-state index in [1.165, 1.54) is 96.3 Å². The van der Waals surface area contributed by atoms with Gasteiger partial charge < -0.3 is 39.4 Å². The summed E-state index contributed by atoms with van der Waals surface area (Å²) in [5, 5.41) is 40.0. The van der Waals surface area contributed by atoms with Crippen molar-refractivity contribution in [2.24, 2.45) is 0 Å². The summed E-state index contributed by atoms with van der Waals surface area (Å²) in [6, 6.07) is 0. The molecule has 0 amide bonds.